The Bertz CT molecular complexity index is 324. The zero-order chi connectivity index (χ0) is 11.3. The Morgan fingerprint density at radius 1 is 1.47 bits per heavy atom. The predicted molar refractivity (Wildman–Crippen MR) is 59.1 cm³/mol. The molecule has 0 fully saturated rings. The monoisotopic (exact) mass is 228 g/mol. The van der Waals surface area contributed by atoms with Crippen LogP contribution in [0.2, 0.25) is 0 Å². The second-order valence-electron chi connectivity index (χ2n) is 3.32. The van der Waals surface area contributed by atoms with Gasteiger partial charge in [-0.1, -0.05) is 17.7 Å². The first-order chi connectivity index (χ1) is 7.08. The zero-order valence-corrected chi connectivity index (χ0v) is 9.26. The molecule has 0 saturated carbocycles. The third-order valence-corrected chi connectivity index (χ3v) is 2.98. The number of carbonyl (C=O) groups is 1. The molecule has 1 N–H and O–H groups in total. The molecule has 0 aliphatic heterocycles. The number of benzene rings is 1. The maximum atomic E-state index is 13.0. The summed E-state index contributed by atoms with van der Waals surface area (Å²) in [6.07, 6.45) is -1.70. The topological polar surface area (TPSA) is 37.3 Å². The molecule has 4 heteroatoms. The molecule has 1 aromatic rings. The molecule has 0 aliphatic carbocycles. The lowest BCUT2D eigenvalue weighted by Crippen LogP contribution is -2.10. The maximum Gasteiger partial charge on any atom is 0.306 e. The van der Waals surface area contributed by atoms with Crippen LogP contribution >= 0.6 is 11.8 Å². The number of carboxylic acids is 1. The van der Waals surface area contributed by atoms with Gasteiger partial charge in [0.25, 0.3) is 0 Å². The van der Waals surface area contributed by atoms with Crippen LogP contribution in [-0.2, 0) is 4.79 Å². The third-order valence-electron chi connectivity index (χ3n) is 1.85. The summed E-state index contributed by atoms with van der Waals surface area (Å²) in [7, 11) is 0. The van der Waals surface area contributed by atoms with Crippen LogP contribution in [0.4, 0.5) is 4.39 Å². The second-order valence-corrected chi connectivity index (χ2v) is 4.41. The first-order valence-electron chi connectivity index (χ1n) is 4.63. The molecule has 0 aliphatic rings. The van der Waals surface area contributed by atoms with Crippen molar-refractivity contribution in [2.75, 3.05) is 5.75 Å². The van der Waals surface area contributed by atoms with Crippen molar-refractivity contribution in [1.29, 1.82) is 0 Å². The average Bonchev–Trinajstić information content (AvgIpc) is 2.16. The van der Waals surface area contributed by atoms with Crippen LogP contribution in [0.5, 0.6) is 0 Å². The quantitative estimate of drug-likeness (QED) is 0.787. The fraction of sp³-hybridized carbons (Fsp3) is 0.364. The first kappa shape index (κ1) is 12.0. The van der Waals surface area contributed by atoms with Crippen molar-refractivity contribution in [3.05, 3.63) is 29.8 Å². The van der Waals surface area contributed by atoms with Gasteiger partial charge in [0, 0.05) is 10.6 Å². The molecule has 0 amide bonds. The van der Waals surface area contributed by atoms with Crippen LogP contribution in [0.1, 0.15) is 12.0 Å². The largest absolute Gasteiger partial charge is 0.481 e. The van der Waals surface area contributed by atoms with Crippen LogP contribution in [-0.4, -0.2) is 23.0 Å². The molecule has 15 heavy (non-hydrogen) atoms. The van der Waals surface area contributed by atoms with Crippen LogP contribution in [0.3, 0.4) is 0 Å². The summed E-state index contributed by atoms with van der Waals surface area (Å²) in [6.45, 7) is 1.98. The Hall–Kier alpha value is -1.03. The van der Waals surface area contributed by atoms with Gasteiger partial charge in [-0.15, -0.1) is 11.8 Å². The van der Waals surface area contributed by atoms with Crippen molar-refractivity contribution >= 4 is 17.7 Å². The Morgan fingerprint density at radius 2 is 2.07 bits per heavy atom. The Morgan fingerprint density at radius 3 is 2.60 bits per heavy atom. The van der Waals surface area contributed by atoms with E-state index in [4.69, 9.17) is 5.11 Å². The number of halogens is 1. The van der Waals surface area contributed by atoms with Crippen LogP contribution in [0, 0.1) is 6.92 Å². The van der Waals surface area contributed by atoms with E-state index in [9.17, 15) is 9.18 Å². The molecule has 1 aromatic carbocycles. The highest BCUT2D eigenvalue weighted by Crippen LogP contribution is 2.20. The van der Waals surface area contributed by atoms with Crippen LogP contribution < -0.4 is 0 Å². The Kier molecular flexibility index (Phi) is 4.62. The van der Waals surface area contributed by atoms with Crippen molar-refractivity contribution in [2.45, 2.75) is 24.4 Å². The molecule has 0 heterocycles. The molecular formula is C11H13FO2S. The van der Waals surface area contributed by atoms with Gasteiger partial charge in [0.1, 0.15) is 6.17 Å². The smallest absolute Gasteiger partial charge is 0.306 e. The summed E-state index contributed by atoms with van der Waals surface area (Å²) >= 11 is 1.34. The van der Waals surface area contributed by atoms with Crippen molar-refractivity contribution in [2.24, 2.45) is 0 Å². The van der Waals surface area contributed by atoms with Gasteiger partial charge >= 0.3 is 5.97 Å². The Balaban J connectivity index is 2.36. The number of hydrogen-bond acceptors (Lipinski definition) is 2. The van der Waals surface area contributed by atoms with Gasteiger partial charge < -0.3 is 5.11 Å². The number of hydrogen-bond donors (Lipinski definition) is 1. The van der Waals surface area contributed by atoms with E-state index in [1.165, 1.54) is 11.8 Å². The van der Waals surface area contributed by atoms with Crippen LogP contribution in [0.15, 0.2) is 29.2 Å². The normalized spacial score (nSPS) is 12.4. The number of thioether (sulfide) groups is 1. The van der Waals surface area contributed by atoms with Gasteiger partial charge in [-0.05, 0) is 19.1 Å². The predicted octanol–water partition coefficient (Wildman–Crippen LogP) is 2.90. The van der Waals surface area contributed by atoms with E-state index in [0.29, 0.717) is 0 Å². The van der Waals surface area contributed by atoms with E-state index in [-0.39, 0.29) is 5.75 Å². The molecule has 0 radical (unpaired) electrons. The number of rotatable bonds is 5. The van der Waals surface area contributed by atoms with E-state index in [0.717, 1.165) is 10.5 Å². The molecule has 1 rings (SSSR count). The highest BCUT2D eigenvalue weighted by Gasteiger charge is 2.11. The van der Waals surface area contributed by atoms with E-state index in [2.05, 4.69) is 0 Å². The molecule has 0 aromatic heterocycles. The highest BCUT2D eigenvalue weighted by molar-refractivity contribution is 7.99. The lowest BCUT2D eigenvalue weighted by atomic mass is 10.2. The number of alkyl halides is 1. The SMILES string of the molecule is Cc1ccc(SCC(F)CC(=O)O)cc1. The van der Waals surface area contributed by atoms with Gasteiger partial charge in [0.2, 0.25) is 0 Å². The molecule has 0 saturated heterocycles. The number of aryl methyl sites for hydroxylation is 1. The lowest BCUT2D eigenvalue weighted by molar-refractivity contribution is -0.138. The first-order valence-corrected chi connectivity index (χ1v) is 5.62. The van der Waals surface area contributed by atoms with Gasteiger partial charge in [-0.3, -0.25) is 4.79 Å². The molecule has 1 unspecified atom stereocenters. The summed E-state index contributed by atoms with van der Waals surface area (Å²) in [4.78, 5) is 11.2. The van der Waals surface area contributed by atoms with Crippen molar-refractivity contribution in [3.63, 3.8) is 0 Å². The summed E-state index contributed by atoms with van der Waals surface area (Å²) in [6, 6.07) is 7.72. The van der Waals surface area contributed by atoms with Gasteiger partial charge in [0.15, 0.2) is 0 Å². The Labute approximate surface area is 92.5 Å². The molecule has 2 nitrogen and oxygen atoms in total. The molecule has 82 valence electrons. The third kappa shape index (κ3) is 4.83. The van der Waals surface area contributed by atoms with E-state index >= 15 is 0 Å². The van der Waals surface area contributed by atoms with E-state index in [1.54, 1.807) is 0 Å². The molecule has 1 atom stereocenters. The van der Waals surface area contributed by atoms with Crippen molar-refractivity contribution in [3.8, 4) is 0 Å². The molecule has 0 bridgehead atoms. The minimum absolute atomic E-state index is 0.190. The summed E-state index contributed by atoms with van der Waals surface area (Å²) in [5, 5.41) is 8.37. The maximum absolute atomic E-state index is 13.0. The summed E-state index contributed by atoms with van der Waals surface area (Å²) in [5.41, 5.74) is 1.15. The van der Waals surface area contributed by atoms with E-state index in [1.807, 2.05) is 31.2 Å². The molecule has 0 spiro atoms. The van der Waals surface area contributed by atoms with Gasteiger partial charge in [-0.2, -0.15) is 0 Å². The van der Waals surface area contributed by atoms with Gasteiger partial charge in [-0.25, -0.2) is 4.39 Å². The number of carboxylic acid groups (broad SMARTS) is 1. The minimum atomic E-state index is -1.28. The minimum Gasteiger partial charge on any atom is -0.481 e. The fourth-order valence-corrected chi connectivity index (χ4v) is 1.89. The lowest BCUT2D eigenvalue weighted by Gasteiger charge is -2.05. The fourth-order valence-electron chi connectivity index (χ4n) is 1.07. The standard InChI is InChI=1S/C11H13FO2S/c1-8-2-4-10(5-3-8)15-7-9(12)6-11(13)14/h2-5,9H,6-7H2,1H3,(H,13,14). The molecular weight excluding hydrogens is 215 g/mol. The van der Waals surface area contributed by atoms with E-state index < -0.39 is 18.6 Å². The number of aliphatic carboxylic acids is 1. The second kappa shape index (κ2) is 5.75. The summed E-state index contributed by atoms with van der Waals surface area (Å²) < 4.78 is 13.0. The van der Waals surface area contributed by atoms with Crippen molar-refractivity contribution in [1.82, 2.24) is 0 Å². The highest BCUT2D eigenvalue weighted by atomic mass is 32.2. The van der Waals surface area contributed by atoms with Crippen LogP contribution in [0.25, 0.3) is 0 Å². The average molecular weight is 228 g/mol. The van der Waals surface area contributed by atoms with Gasteiger partial charge in [0.05, 0.1) is 6.42 Å². The zero-order valence-electron chi connectivity index (χ0n) is 8.44. The van der Waals surface area contributed by atoms with Crippen molar-refractivity contribution < 1.29 is 14.3 Å². The summed E-state index contributed by atoms with van der Waals surface area (Å²) in [5.74, 6) is -0.901.